The normalized spacial score (nSPS) is 10.4. The quantitative estimate of drug-likeness (QED) is 0.218. The Bertz CT molecular complexity index is 1020. The van der Waals surface area contributed by atoms with Crippen LogP contribution in [0.25, 0.3) is 22.6 Å². The number of halogens is 1. The van der Waals surface area contributed by atoms with Crippen LogP contribution in [-0.4, -0.2) is 37.7 Å². The number of amidine groups is 1. The van der Waals surface area contributed by atoms with Gasteiger partial charge in [0.15, 0.2) is 5.82 Å². The van der Waals surface area contributed by atoms with Gasteiger partial charge in [0.05, 0.1) is 33.7 Å². The molecule has 0 saturated heterocycles. The van der Waals surface area contributed by atoms with Gasteiger partial charge in [0, 0.05) is 31.6 Å². The minimum Gasteiger partial charge on any atom is -0.388 e. The molecule has 27 heavy (non-hydrogen) atoms. The second-order valence-electron chi connectivity index (χ2n) is 5.80. The van der Waals surface area contributed by atoms with Gasteiger partial charge in [-0.05, 0) is 18.2 Å². The van der Waals surface area contributed by atoms with Crippen LogP contribution >= 0.6 is 12.4 Å². The van der Waals surface area contributed by atoms with Gasteiger partial charge in [-0.1, -0.05) is 0 Å². The molecule has 0 aliphatic rings. The molecule has 0 fully saturated rings. The third-order valence-electron chi connectivity index (χ3n) is 3.87. The highest BCUT2D eigenvalue weighted by molar-refractivity contribution is 5.97. The fourth-order valence-electron chi connectivity index (χ4n) is 2.56. The molecule has 1 amide bonds. The van der Waals surface area contributed by atoms with E-state index in [-0.39, 0.29) is 42.8 Å². The van der Waals surface area contributed by atoms with E-state index in [0.717, 1.165) is 0 Å². The minimum atomic E-state index is -0.463. The molecule has 0 atom stereocenters. The van der Waals surface area contributed by atoms with Crippen molar-refractivity contribution < 1.29 is 9.72 Å². The number of H-pyrrole nitrogens is 1. The molecule has 10 nitrogen and oxygen atoms in total. The number of imidazole rings is 1. The van der Waals surface area contributed by atoms with Crippen molar-refractivity contribution in [2.45, 2.75) is 6.42 Å². The Kier molecular flexibility index (Phi) is 5.81. The average Bonchev–Trinajstić information content (AvgIpc) is 3.16. The molecule has 0 bridgehead atoms. The zero-order valence-corrected chi connectivity index (χ0v) is 15.2. The van der Waals surface area contributed by atoms with Crippen molar-refractivity contribution in [3.8, 4) is 11.5 Å². The number of rotatable bonds is 6. The number of nitrogens with one attached hydrogen (secondary N) is 3. The van der Waals surface area contributed by atoms with Crippen LogP contribution in [0.2, 0.25) is 0 Å². The average molecular weight is 392 g/mol. The predicted molar refractivity (Wildman–Crippen MR) is 103 cm³/mol. The Morgan fingerprint density at radius 1 is 1.44 bits per heavy atom. The van der Waals surface area contributed by atoms with Gasteiger partial charge in [-0.25, -0.2) is 4.98 Å². The van der Waals surface area contributed by atoms with Crippen molar-refractivity contribution in [3.63, 3.8) is 0 Å². The first kappa shape index (κ1) is 19.9. The highest BCUT2D eigenvalue weighted by Crippen LogP contribution is 2.25. The highest BCUT2D eigenvalue weighted by Gasteiger charge is 2.16. The van der Waals surface area contributed by atoms with Crippen LogP contribution in [0.3, 0.4) is 0 Å². The van der Waals surface area contributed by atoms with E-state index in [0.29, 0.717) is 28.1 Å². The maximum Gasteiger partial charge on any atom is 0.287 e. The largest absolute Gasteiger partial charge is 0.388 e. The molecular formula is C16H18ClN7O3. The van der Waals surface area contributed by atoms with Crippen molar-refractivity contribution in [2.24, 2.45) is 12.8 Å². The Morgan fingerprint density at radius 2 is 2.19 bits per heavy atom. The highest BCUT2D eigenvalue weighted by atomic mass is 35.5. The number of aromatic amines is 1. The fourth-order valence-corrected chi connectivity index (χ4v) is 2.56. The number of carbonyl (C=O) groups is 1. The second kappa shape index (κ2) is 7.87. The van der Waals surface area contributed by atoms with Crippen molar-refractivity contribution in [1.29, 1.82) is 5.41 Å². The molecule has 0 aliphatic carbocycles. The third kappa shape index (κ3) is 4.23. The molecular weight excluding hydrogens is 374 g/mol. The number of benzene rings is 1. The third-order valence-corrected chi connectivity index (χ3v) is 3.87. The summed E-state index contributed by atoms with van der Waals surface area (Å²) in [6.07, 6.45) is 1.70. The van der Waals surface area contributed by atoms with Crippen molar-refractivity contribution in [3.05, 3.63) is 46.1 Å². The summed E-state index contributed by atoms with van der Waals surface area (Å²) >= 11 is 0. The van der Waals surface area contributed by atoms with E-state index in [1.807, 2.05) is 0 Å². The maximum absolute atomic E-state index is 12.1. The molecule has 142 valence electrons. The summed E-state index contributed by atoms with van der Waals surface area (Å²) in [6, 6.07) is 6.45. The van der Waals surface area contributed by atoms with Crippen LogP contribution < -0.4 is 11.1 Å². The Morgan fingerprint density at radius 3 is 2.81 bits per heavy atom. The standard InChI is InChI=1S/C16H17N7O3.ClH/c1-22-8-10(23(25)26)7-13(22)15-20-11-3-2-9(6-12(11)21-15)16(24)19-5-4-14(17)18;/h2-3,6-8H,4-5H2,1H3,(H3,17,18)(H,19,24)(H,20,21);1H. The lowest BCUT2D eigenvalue weighted by atomic mass is 10.2. The lowest BCUT2D eigenvalue weighted by molar-refractivity contribution is -0.384. The molecule has 0 saturated carbocycles. The molecule has 3 aromatic rings. The summed E-state index contributed by atoms with van der Waals surface area (Å²) in [7, 11) is 1.70. The first-order valence-electron chi connectivity index (χ1n) is 7.77. The molecule has 3 rings (SSSR count). The molecule has 5 N–H and O–H groups in total. The summed E-state index contributed by atoms with van der Waals surface area (Å²) in [6.45, 7) is 0.283. The zero-order valence-electron chi connectivity index (χ0n) is 14.4. The van der Waals surface area contributed by atoms with Gasteiger partial charge in [-0.3, -0.25) is 20.3 Å². The number of amides is 1. The smallest absolute Gasteiger partial charge is 0.287 e. The maximum atomic E-state index is 12.1. The number of hydrogen-bond acceptors (Lipinski definition) is 5. The van der Waals surface area contributed by atoms with Gasteiger partial charge in [0.1, 0.15) is 0 Å². The van der Waals surface area contributed by atoms with E-state index in [1.54, 1.807) is 29.8 Å². The van der Waals surface area contributed by atoms with Crippen molar-refractivity contribution in [2.75, 3.05) is 6.54 Å². The second-order valence-corrected chi connectivity index (χ2v) is 5.80. The molecule has 0 spiro atoms. The molecule has 1 aromatic carbocycles. The molecule has 0 aliphatic heterocycles. The van der Waals surface area contributed by atoms with E-state index in [2.05, 4.69) is 15.3 Å². The first-order valence-corrected chi connectivity index (χ1v) is 7.77. The summed E-state index contributed by atoms with van der Waals surface area (Å²) < 4.78 is 1.62. The van der Waals surface area contributed by atoms with E-state index >= 15 is 0 Å². The number of nitrogens with two attached hydrogens (primary N) is 1. The van der Waals surface area contributed by atoms with Gasteiger partial charge in [0.25, 0.3) is 11.6 Å². The zero-order chi connectivity index (χ0) is 18.8. The Hall–Kier alpha value is -3.40. The summed E-state index contributed by atoms with van der Waals surface area (Å²) in [4.78, 5) is 30.1. The number of aromatic nitrogens is 3. The minimum absolute atomic E-state index is 0. The predicted octanol–water partition coefficient (Wildman–Crippen LogP) is 1.95. The number of hydrogen-bond donors (Lipinski definition) is 4. The van der Waals surface area contributed by atoms with Crippen LogP contribution in [0, 0.1) is 15.5 Å². The van der Waals surface area contributed by atoms with Gasteiger partial charge in [-0.15, -0.1) is 12.4 Å². The number of nitro groups is 1. The van der Waals surface area contributed by atoms with Crippen LogP contribution in [0.4, 0.5) is 5.69 Å². The number of aryl methyl sites for hydroxylation is 1. The van der Waals surface area contributed by atoms with Gasteiger partial charge in [-0.2, -0.15) is 0 Å². The Balaban J connectivity index is 0.00000261. The van der Waals surface area contributed by atoms with Gasteiger partial charge < -0.3 is 20.6 Å². The monoisotopic (exact) mass is 391 g/mol. The molecule has 2 aromatic heterocycles. The van der Waals surface area contributed by atoms with Crippen LogP contribution in [-0.2, 0) is 7.05 Å². The van der Waals surface area contributed by atoms with E-state index < -0.39 is 4.92 Å². The summed E-state index contributed by atoms with van der Waals surface area (Å²) in [5, 5.41) is 20.7. The van der Waals surface area contributed by atoms with Crippen LogP contribution in [0.1, 0.15) is 16.8 Å². The van der Waals surface area contributed by atoms with Gasteiger partial charge >= 0.3 is 0 Å². The molecule has 0 unspecified atom stereocenters. The summed E-state index contributed by atoms with van der Waals surface area (Å²) in [5.41, 5.74) is 7.52. The number of fused-ring (bicyclic) bond motifs is 1. The van der Waals surface area contributed by atoms with E-state index in [1.165, 1.54) is 12.3 Å². The van der Waals surface area contributed by atoms with E-state index in [9.17, 15) is 14.9 Å². The molecule has 2 heterocycles. The Labute approximate surface area is 159 Å². The fraction of sp³-hybridized carbons (Fsp3) is 0.188. The van der Waals surface area contributed by atoms with E-state index in [4.69, 9.17) is 11.1 Å². The molecule has 11 heteroatoms. The number of carbonyl (C=O) groups excluding carboxylic acids is 1. The topological polar surface area (TPSA) is 156 Å². The van der Waals surface area contributed by atoms with Crippen LogP contribution in [0.15, 0.2) is 30.5 Å². The lowest BCUT2D eigenvalue weighted by Crippen LogP contribution is -2.27. The lowest BCUT2D eigenvalue weighted by Gasteiger charge is -2.04. The number of nitrogens with zero attached hydrogens (tertiary/aromatic N) is 3. The van der Waals surface area contributed by atoms with Crippen LogP contribution in [0.5, 0.6) is 0 Å². The summed E-state index contributed by atoms with van der Waals surface area (Å²) in [5.74, 6) is 0.200. The van der Waals surface area contributed by atoms with Crippen molar-refractivity contribution >= 4 is 40.9 Å². The molecule has 0 radical (unpaired) electrons. The first-order chi connectivity index (χ1) is 12.3. The SMILES string of the molecule is Cl.Cn1cc([N+](=O)[O-])cc1-c1nc2cc(C(=O)NCCC(=N)N)ccc2[nH]1. The van der Waals surface area contributed by atoms with Gasteiger partial charge in [0.2, 0.25) is 0 Å². The van der Waals surface area contributed by atoms with Crippen molar-refractivity contribution in [1.82, 2.24) is 19.9 Å².